The lowest BCUT2D eigenvalue weighted by Crippen LogP contribution is -2.38. The second kappa shape index (κ2) is 7.00. The minimum atomic E-state index is -0.297. The summed E-state index contributed by atoms with van der Waals surface area (Å²) in [6.45, 7) is 4.81. The quantitative estimate of drug-likeness (QED) is 0.759. The highest BCUT2D eigenvalue weighted by molar-refractivity contribution is 6.06. The molecule has 1 N–H and O–H groups in total. The third-order valence-electron chi connectivity index (χ3n) is 5.10. The predicted octanol–water partition coefficient (Wildman–Crippen LogP) is 1.62. The summed E-state index contributed by atoms with van der Waals surface area (Å²) in [5.41, 5.74) is 2.95. The van der Waals surface area contributed by atoms with Gasteiger partial charge in [0.1, 0.15) is 17.5 Å². The van der Waals surface area contributed by atoms with Gasteiger partial charge in [0, 0.05) is 33.2 Å². The van der Waals surface area contributed by atoms with Crippen molar-refractivity contribution in [2.24, 2.45) is 7.05 Å². The van der Waals surface area contributed by atoms with Gasteiger partial charge in [0.2, 0.25) is 5.71 Å². The highest BCUT2D eigenvalue weighted by Gasteiger charge is 2.22. The molecule has 2 aromatic heterocycles. The predicted molar refractivity (Wildman–Crippen MR) is 102 cm³/mol. The Morgan fingerprint density at radius 3 is 2.89 bits per heavy atom. The third kappa shape index (κ3) is 3.26. The van der Waals surface area contributed by atoms with Gasteiger partial charge in [-0.1, -0.05) is 24.3 Å². The largest absolute Gasteiger partial charge is 0.442 e. The van der Waals surface area contributed by atoms with Gasteiger partial charge in [-0.3, -0.25) is 14.5 Å². The van der Waals surface area contributed by atoms with Gasteiger partial charge in [0.15, 0.2) is 0 Å². The van der Waals surface area contributed by atoms with Gasteiger partial charge in [-0.2, -0.15) is 0 Å². The van der Waals surface area contributed by atoms with Gasteiger partial charge in [0.05, 0.1) is 5.56 Å². The van der Waals surface area contributed by atoms with Gasteiger partial charge in [0.25, 0.3) is 11.5 Å². The lowest BCUT2D eigenvalue weighted by molar-refractivity contribution is 0.0947. The minimum Gasteiger partial charge on any atom is -0.442 e. The number of furan rings is 1. The van der Waals surface area contributed by atoms with Gasteiger partial charge in [-0.25, -0.2) is 4.98 Å². The first kappa shape index (κ1) is 17.5. The van der Waals surface area contributed by atoms with E-state index in [0.717, 1.165) is 26.1 Å². The first-order valence-corrected chi connectivity index (χ1v) is 9.06. The molecule has 1 aromatic carbocycles. The molecule has 0 radical (unpaired) electrons. The van der Waals surface area contributed by atoms with Crippen molar-refractivity contribution in [1.82, 2.24) is 19.8 Å². The molecule has 1 aliphatic heterocycles. The molecule has 0 bridgehead atoms. The number of benzene rings is 1. The summed E-state index contributed by atoms with van der Waals surface area (Å²) >= 11 is 0. The van der Waals surface area contributed by atoms with Gasteiger partial charge >= 0.3 is 0 Å². The van der Waals surface area contributed by atoms with E-state index in [-0.39, 0.29) is 28.1 Å². The smallest absolute Gasteiger partial charge is 0.265 e. The number of nitrogens with one attached hydrogen (secondary N) is 1. The van der Waals surface area contributed by atoms with E-state index in [1.165, 1.54) is 22.0 Å². The highest BCUT2D eigenvalue weighted by Crippen LogP contribution is 2.21. The Bertz CT molecular complexity index is 1070. The van der Waals surface area contributed by atoms with Crippen LogP contribution in [0.15, 0.2) is 39.8 Å². The molecule has 1 amide bonds. The summed E-state index contributed by atoms with van der Waals surface area (Å²) in [6, 6.07) is 8.47. The second-order valence-electron chi connectivity index (χ2n) is 6.92. The first-order chi connectivity index (χ1) is 13.0. The summed E-state index contributed by atoms with van der Waals surface area (Å²) in [4.78, 5) is 31.5. The van der Waals surface area contributed by atoms with Crippen LogP contribution in [0, 0.1) is 6.92 Å². The number of nitrogens with zero attached hydrogens (tertiary/aromatic N) is 3. The lowest BCUT2D eigenvalue weighted by atomic mass is 10.00. The molecule has 0 atom stereocenters. The average molecular weight is 366 g/mol. The molecule has 7 heteroatoms. The minimum absolute atomic E-state index is 0.202. The van der Waals surface area contributed by atoms with E-state index in [1.807, 2.05) is 0 Å². The van der Waals surface area contributed by atoms with Gasteiger partial charge in [-0.05, 0) is 24.5 Å². The summed E-state index contributed by atoms with van der Waals surface area (Å²) in [5.74, 6) is 0.110. The number of rotatable bonds is 4. The topological polar surface area (TPSA) is 80.4 Å². The number of fused-ring (bicyclic) bond motifs is 2. The molecule has 0 unspecified atom stereocenters. The molecule has 0 saturated carbocycles. The number of hydrogen-bond donors (Lipinski definition) is 1. The molecule has 3 aromatic rings. The van der Waals surface area contributed by atoms with Crippen molar-refractivity contribution >= 4 is 17.0 Å². The first-order valence-electron chi connectivity index (χ1n) is 9.06. The van der Waals surface area contributed by atoms with Crippen LogP contribution in [0.2, 0.25) is 0 Å². The van der Waals surface area contributed by atoms with Crippen molar-refractivity contribution in [3.63, 3.8) is 0 Å². The molecule has 0 saturated heterocycles. The van der Waals surface area contributed by atoms with Gasteiger partial charge in [-0.15, -0.1) is 0 Å². The maximum absolute atomic E-state index is 12.7. The number of hydrogen-bond acceptors (Lipinski definition) is 5. The van der Waals surface area contributed by atoms with Crippen molar-refractivity contribution in [2.45, 2.75) is 19.9 Å². The van der Waals surface area contributed by atoms with E-state index >= 15 is 0 Å². The number of aromatic nitrogens is 2. The van der Waals surface area contributed by atoms with E-state index in [1.54, 1.807) is 14.0 Å². The molecule has 7 nitrogen and oxygen atoms in total. The fourth-order valence-electron chi connectivity index (χ4n) is 3.62. The zero-order valence-corrected chi connectivity index (χ0v) is 15.5. The molecule has 0 spiro atoms. The monoisotopic (exact) mass is 366 g/mol. The molecule has 3 heterocycles. The molecule has 0 fully saturated rings. The number of carbonyl (C=O) groups is 1. The van der Waals surface area contributed by atoms with Crippen molar-refractivity contribution in [1.29, 1.82) is 0 Å². The Balaban J connectivity index is 1.44. The van der Waals surface area contributed by atoms with Crippen LogP contribution in [-0.4, -0.2) is 40.0 Å². The molecule has 1 aliphatic rings. The maximum Gasteiger partial charge on any atom is 0.265 e. The van der Waals surface area contributed by atoms with Crippen LogP contribution in [0.4, 0.5) is 0 Å². The molecule has 4 rings (SSSR count). The Labute approximate surface area is 156 Å². The van der Waals surface area contributed by atoms with Crippen LogP contribution in [0.5, 0.6) is 0 Å². The number of amides is 1. The number of carbonyl (C=O) groups excluding carboxylic acids is 1. The summed E-state index contributed by atoms with van der Waals surface area (Å²) in [6.07, 6.45) is 2.42. The highest BCUT2D eigenvalue weighted by atomic mass is 16.3. The van der Waals surface area contributed by atoms with Gasteiger partial charge < -0.3 is 14.3 Å². The van der Waals surface area contributed by atoms with Crippen LogP contribution in [0.1, 0.15) is 27.2 Å². The molecule has 0 aliphatic carbocycles. The molecule has 140 valence electrons. The van der Waals surface area contributed by atoms with Crippen LogP contribution >= 0.6 is 0 Å². The van der Waals surface area contributed by atoms with Crippen LogP contribution in [0.25, 0.3) is 11.1 Å². The van der Waals surface area contributed by atoms with E-state index in [4.69, 9.17) is 4.42 Å². The van der Waals surface area contributed by atoms with E-state index in [0.29, 0.717) is 12.3 Å². The average Bonchev–Trinajstić information content (AvgIpc) is 3.01. The third-order valence-corrected chi connectivity index (χ3v) is 5.10. The fourth-order valence-corrected chi connectivity index (χ4v) is 3.62. The van der Waals surface area contributed by atoms with E-state index < -0.39 is 0 Å². The van der Waals surface area contributed by atoms with Crippen molar-refractivity contribution in [2.75, 3.05) is 19.6 Å². The van der Waals surface area contributed by atoms with Crippen LogP contribution in [0.3, 0.4) is 0 Å². The number of aryl methyl sites for hydroxylation is 2. The molecular formula is C20H22N4O3. The van der Waals surface area contributed by atoms with Crippen molar-refractivity contribution < 1.29 is 9.21 Å². The molecular weight excluding hydrogens is 344 g/mol. The summed E-state index contributed by atoms with van der Waals surface area (Å²) in [7, 11) is 1.60. The SMILES string of the molecule is Cc1oc2ncn(C)c(=O)c2c1C(=O)NCCN1CCc2ccccc2C1. The maximum atomic E-state index is 12.7. The van der Waals surface area contributed by atoms with Crippen LogP contribution < -0.4 is 10.9 Å². The molecule has 27 heavy (non-hydrogen) atoms. The Hall–Kier alpha value is -2.93. The second-order valence-corrected chi connectivity index (χ2v) is 6.92. The standard InChI is InChI=1S/C20H22N4O3/c1-13-16(17-19(27-13)22-12-23(2)20(17)26)18(25)21-8-10-24-9-7-14-5-3-4-6-15(14)11-24/h3-6,12H,7-11H2,1-2H3,(H,21,25). The van der Waals surface area contributed by atoms with E-state index in [9.17, 15) is 9.59 Å². The zero-order valence-electron chi connectivity index (χ0n) is 15.5. The van der Waals surface area contributed by atoms with Crippen molar-refractivity contribution in [3.05, 3.63) is 63.4 Å². The van der Waals surface area contributed by atoms with Crippen LogP contribution in [-0.2, 0) is 20.0 Å². The Morgan fingerprint density at radius 2 is 2.07 bits per heavy atom. The lowest BCUT2D eigenvalue weighted by Gasteiger charge is -2.28. The zero-order chi connectivity index (χ0) is 19.0. The Kier molecular flexibility index (Phi) is 4.53. The Morgan fingerprint density at radius 1 is 1.30 bits per heavy atom. The van der Waals surface area contributed by atoms with Crippen molar-refractivity contribution in [3.8, 4) is 0 Å². The van der Waals surface area contributed by atoms with E-state index in [2.05, 4.69) is 39.5 Å². The summed E-state index contributed by atoms with van der Waals surface area (Å²) in [5, 5.41) is 3.16. The summed E-state index contributed by atoms with van der Waals surface area (Å²) < 4.78 is 6.84. The fraction of sp³-hybridized carbons (Fsp3) is 0.350. The normalized spacial score (nSPS) is 14.3.